The molecule has 1 aromatic rings. The van der Waals surface area contributed by atoms with Gasteiger partial charge in [0.25, 0.3) is 6.43 Å². The predicted molar refractivity (Wildman–Crippen MR) is 66.1 cm³/mol. The Morgan fingerprint density at radius 2 is 2.00 bits per heavy atom. The average Bonchev–Trinajstić information content (AvgIpc) is 2.34. The Balaban J connectivity index is 3.08. The molecular formula is C12H13BrF2O3. The fourth-order valence-corrected chi connectivity index (χ4v) is 1.90. The summed E-state index contributed by atoms with van der Waals surface area (Å²) in [6.45, 7) is 0. The van der Waals surface area contributed by atoms with E-state index in [-0.39, 0.29) is 5.56 Å². The Morgan fingerprint density at radius 3 is 2.50 bits per heavy atom. The number of hydrogen-bond donors (Lipinski definition) is 2. The van der Waals surface area contributed by atoms with Gasteiger partial charge in [-0.25, -0.2) is 13.6 Å². The van der Waals surface area contributed by atoms with Crippen molar-refractivity contribution in [2.45, 2.75) is 25.4 Å². The number of carboxylic acid groups (broad SMARTS) is 1. The molecule has 0 fully saturated rings. The van der Waals surface area contributed by atoms with Gasteiger partial charge in [-0.3, -0.25) is 0 Å². The van der Waals surface area contributed by atoms with Crippen LogP contribution in [0.1, 0.15) is 35.6 Å². The number of aliphatic carboxylic acids is 1. The van der Waals surface area contributed by atoms with Gasteiger partial charge in [0.05, 0.1) is 0 Å². The van der Waals surface area contributed by atoms with Crippen LogP contribution in [0.4, 0.5) is 8.78 Å². The molecule has 0 bridgehead atoms. The molecule has 1 unspecified atom stereocenters. The third kappa shape index (κ3) is 3.74. The molecule has 1 rings (SSSR count). The van der Waals surface area contributed by atoms with Crippen LogP contribution in [-0.4, -0.2) is 21.5 Å². The van der Waals surface area contributed by atoms with Gasteiger partial charge in [0, 0.05) is 16.5 Å². The summed E-state index contributed by atoms with van der Waals surface area (Å²) in [5.74, 6) is -1.54. The van der Waals surface area contributed by atoms with Crippen molar-refractivity contribution >= 4 is 21.9 Å². The summed E-state index contributed by atoms with van der Waals surface area (Å²) in [6, 6.07) is 4.08. The number of hydrogen-bond acceptors (Lipinski definition) is 2. The van der Waals surface area contributed by atoms with Crippen LogP contribution in [0.2, 0.25) is 0 Å². The lowest BCUT2D eigenvalue weighted by Gasteiger charge is -2.13. The molecule has 0 aliphatic rings. The van der Waals surface area contributed by atoms with Gasteiger partial charge in [-0.15, -0.1) is 0 Å². The summed E-state index contributed by atoms with van der Waals surface area (Å²) in [5, 5.41) is 18.8. The highest BCUT2D eigenvalue weighted by atomic mass is 79.9. The van der Waals surface area contributed by atoms with Gasteiger partial charge < -0.3 is 10.2 Å². The fourth-order valence-electron chi connectivity index (χ4n) is 1.62. The maximum Gasteiger partial charge on any atom is 0.337 e. The van der Waals surface area contributed by atoms with E-state index in [2.05, 4.69) is 15.9 Å². The number of aryl methyl sites for hydroxylation is 1. The first-order chi connectivity index (χ1) is 8.47. The zero-order valence-electron chi connectivity index (χ0n) is 9.44. The molecule has 0 aliphatic heterocycles. The number of aliphatic hydroxyl groups is 1. The first kappa shape index (κ1) is 15.0. The van der Waals surface area contributed by atoms with Gasteiger partial charge in [0.15, 0.2) is 6.10 Å². The van der Waals surface area contributed by atoms with Crippen molar-refractivity contribution in [2.75, 3.05) is 5.33 Å². The van der Waals surface area contributed by atoms with E-state index in [1.807, 2.05) is 0 Å². The Morgan fingerprint density at radius 1 is 1.33 bits per heavy atom. The van der Waals surface area contributed by atoms with E-state index in [0.717, 1.165) is 11.8 Å². The average molecular weight is 323 g/mol. The van der Waals surface area contributed by atoms with Crippen LogP contribution in [0.25, 0.3) is 0 Å². The molecule has 100 valence electrons. The Hall–Kier alpha value is -1.01. The second-order valence-electron chi connectivity index (χ2n) is 3.80. The van der Waals surface area contributed by atoms with Crippen molar-refractivity contribution in [2.24, 2.45) is 0 Å². The van der Waals surface area contributed by atoms with E-state index >= 15 is 0 Å². The van der Waals surface area contributed by atoms with Crippen molar-refractivity contribution in [1.82, 2.24) is 0 Å². The van der Waals surface area contributed by atoms with Gasteiger partial charge in [0.2, 0.25) is 0 Å². The largest absolute Gasteiger partial charge is 0.479 e. The number of benzene rings is 1. The molecule has 0 spiro atoms. The maximum absolute atomic E-state index is 12.8. The second-order valence-corrected chi connectivity index (χ2v) is 4.59. The van der Waals surface area contributed by atoms with Crippen LogP contribution in [0, 0.1) is 0 Å². The second kappa shape index (κ2) is 6.80. The van der Waals surface area contributed by atoms with Crippen LogP contribution in [0.15, 0.2) is 18.2 Å². The summed E-state index contributed by atoms with van der Waals surface area (Å²) < 4.78 is 25.7. The summed E-state index contributed by atoms with van der Waals surface area (Å²) in [6.07, 6.45) is -3.31. The van der Waals surface area contributed by atoms with E-state index in [1.54, 1.807) is 6.07 Å². The highest BCUT2D eigenvalue weighted by Gasteiger charge is 2.23. The summed E-state index contributed by atoms with van der Waals surface area (Å²) in [5.41, 5.74) is 0.0307. The topological polar surface area (TPSA) is 57.5 Å². The van der Waals surface area contributed by atoms with E-state index in [0.29, 0.717) is 12.0 Å². The van der Waals surface area contributed by atoms with Gasteiger partial charge in [0.1, 0.15) is 0 Å². The van der Waals surface area contributed by atoms with Crippen LogP contribution >= 0.6 is 15.9 Å². The summed E-state index contributed by atoms with van der Waals surface area (Å²) in [4.78, 5) is 10.6. The first-order valence-corrected chi connectivity index (χ1v) is 6.47. The lowest BCUT2D eigenvalue weighted by atomic mass is 9.98. The minimum atomic E-state index is -2.81. The minimum Gasteiger partial charge on any atom is -0.479 e. The highest BCUT2D eigenvalue weighted by molar-refractivity contribution is 9.09. The molecule has 0 amide bonds. The van der Waals surface area contributed by atoms with Crippen molar-refractivity contribution < 1.29 is 23.8 Å². The molecular weight excluding hydrogens is 310 g/mol. The summed E-state index contributed by atoms with van der Waals surface area (Å²) >= 11 is 3.25. The van der Waals surface area contributed by atoms with Crippen LogP contribution in [0.5, 0.6) is 0 Å². The van der Waals surface area contributed by atoms with E-state index in [1.165, 1.54) is 12.1 Å². The fraction of sp³-hybridized carbons (Fsp3) is 0.417. The predicted octanol–water partition coefficient (Wildman–Crippen LogP) is 3.07. The van der Waals surface area contributed by atoms with Crippen LogP contribution < -0.4 is 0 Å². The normalized spacial score (nSPS) is 12.7. The van der Waals surface area contributed by atoms with Crippen molar-refractivity contribution in [3.63, 3.8) is 0 Å². The third-order valence-electron chi connectivity index (χ3n) is 2.51. The Bertz CT molecular complexity index is 424. The lowest BCUT2D eigenvalue weighted by molar-refractivity contribution is -0.147. The number of carboxylic acids is 1. The zero-order valence-corrected chi connectivity index (χ0v) is 11.0. The van der Waals surface area contributed by atoms with E-state index in [4.69, 9.17) is 5.11 Å². The minimum absolute atomic E-state index is 0.250. The molecule has 1 aromatic carbocycles. The first-order valence-electron chi connectivity index (χ1n) is 5.35. The molecule has 0 radical (unpaired) electrons. The summed E-state index contributed by atoms with van der Waals surface area (Å²) in [7, 11) is 0. The van der Waals surface area contributed by atoms with Crippen molar-refractivity contribution in [3.8, 4) is 0 Å². The van der Waals surface area contributed by atoms with E-state index in [9.17, 15) is 18.7 Å². The Labute approximate surface area is 112 Å². The zero-order chi connectivity index (χ0) is 13.7. The monoisotopic (exact) mass is 322 g/mol. The molecule has 0 saturated carbocycles. The SMILES string of the molecule is O=C(O)C(O)c1ccc(CCCBr)cc1C(F)F. The quantitative estimate of drug-likeness (QED) is 0.791. The molecule has 6 heteroatoms. The molecule has 2 N–H and O–H groups in total. The van der Waals surface area contributed by atoms with Gasteiger partial charge in [-0.2, -0.15) is 0 Å². The smallest absolute Gasteiger partial charge is 0.337 e. The van der Waals surface area contributed by atoms with Crippen LogP contribution in [0.3, 0.4) is 0 Å². The molecule has 0 saturated heterocycles. The van der Waals surface area contributed by atoms with Crippen molar-refractivity contribution in [3.05, 3.63) is 34.9 Å². The molecule has 1 atom stereocenters. The van der Waals surface area contributed by atoms with Gasteiger partial charge in [-0.1, -0.05) is 28.1 Å². The number of carbonyl (C=O) groups is 1. The lowest BCUT2D eigenvalue weighted by Crippen LogP contribution is -2.13. The molecule has 3 nitrogen and oxygen atoms in total. The third-order valence-corrected chi connectivity index (χ3v) is 3.07. The molecule has 0 aliphatic carbocycles. The highest BCUT2D eigenvalue weighted by Crippen LogP contribution is 2.29. The van der Waals surface area contributed by atoms with Gasteiger partial charge >= 0.3 is 5.97 Å². The maximum atomic E-state index is 12.8. The van der Waals surface area contributed by atoms with Gasteiger partial charge in [-0.05, 0) is 24.5 Å². The standard InChI is InChI=1S/C12H13BrF2O3/c13-5-1-2-7-3-4-8(10(16)12(17)18)9(6-7)11(14)15/h3-4,6,10-11,16H,1-2,5H2,(H,17,18). The van der Waals surface area contributed by atoms with Crippen LogP contribution in [-0.2, 0) is 11.2 Å². The molecule has 18 heavy (non-hydrogen) atoms. The molecule has 0 heterocycles. The number of rotatable bonds is 6. The van der Waals surface area contributed by atoms with Crippen molar-refractivity contribution in [1.29, 1.82) is 0 Å². The number of aliphatic hydroxyl groups excluding tert-OH is 1. The Kier molecular flexibility index (Phi) is 5.68. The number of halogens is 3. The molecule has 0 aromatic heterocycles. The number of alkyl halides is 3. The van der Waals surface area contributed by atoms with E-state index < -0.39 is 24.1 Å².